The molecule has 0 spiro atoms. The van der Waals surface area contributed by atoms with Crippen molar-refractivity contribution in [3.05, 3.63) is 35.4 Å². The fraction of sp³-hybridized carbons (Fsp3) is 0.500. The summed E-state index contributed by atoms with van der Waals surface area (Å²) in [5.74, 6) is -1.42. The molecule has 0 aromatic heterocycles. The molecule has 19 heavy (non-hydrogen) atoms. The van der Waals surface area contributed by atoms with E-state index in [-0.39, 0.29) is 17.9 Å². The van der Waals surface area contributed by atoms with Gasteiger partial charge in [-0.2, -0.15) is 0 Å². The standard InChI is InChI=1S/C14H18BrF2NO/c1-2-3-7-18(8-6-15)14(19)9-11-4-5-12(16)10-13(11)17/h4-5,10H,2-3,6-9H2,1H3. The first-order valence-electron chi connectivity index (χ1n) is 6.36. The number of halogens is 3. The van der Waals surface area contributed by atoms with Crippen molar-refractivity contribution < 1.29 is 13.6 Å². The lowest BCUT2D eigenvalue weighted by Crippen LogP contribution is -2.34. The lowest BCUT2D eigenvalue weighted by Gasteiger charge is -2.21. The van der Waals surface area contributed by atoms with Crippen LogP contribution in [0.4, 0.5) is 8.78 Å². The third-order valence-electron chi connectivity index (χ3n) is 2.85. The van der Waals surface area contributed by atoms with Crippen LogP contribution in [0.25, 0.3) is 0 Å². The zero-order chi connectivity index (χ0) is 14.3. The van der Waals surface area contributed by atoms with E-state index in [1.165, 1.54) is 12.1 Å². The molecule has 0 aliphatic rings. The highest BCUT2D eigenvalue weighted by Gasteiger charge is 2.15. The van der Waals surface area contributed by atoms with Gasteiger partial charge < -0.3 is 4.90 Å². The number of unbranched alkanes of at least 4 members (excludes halogenated alkanes) is 1. The normalized spacial score (nSPS) is 10.5. The Labute approximate surface area is 120 Å². The van der Waals surface area contributed by atoms with Gasteiger partial charge in [-0.05, 0) is 18.1 Å². The second-order valence-corrected chi connectivity index (χ2v) is 5.13. The number of carbonyl (C=O) groups excluding carboxylic acids is 1. The molecule has 0 aliphatic carbocycles. The number of rotatable bonds is 7. The van der Waals surface area contributed by atoms with Gasteiger partial charge in [0.25, 0.3) is 0 Å². The molecule has 1 aromatic rings. The van der Waals surface area contributed by atoms with Crippen LogP contribution < -0.4 is 0 Å². The molecule has 0 fully saturated rings. The first kappa shape index (κ1) is 16.1. The molecule has 0 radical (unpaired) electrons. The molecule has 1 rings (SSSR count). The van der Waals surface area contributed by atoms with Gasteiger partial charge in [0.15, 0.2) is 0 Å². The van der Waals surface area contributed by atoms with Crippen molar-refractivity contribution in [2.45, 2.75) is 26.2 Å². The predicted molar refractivity (Wildman–Crippen MR) is 75.3 cm³/mol. The van der Waals surface area contributed by atoms with Crippen LogP contribution in [0.1, 0.15) is 25.3 Å². The van der Waals surface area contributed by atoms with E-state index in [2.05, 4.69) is 22.9 Å². The van der Waals surface area contributed by atoms with Gasteiger partial charge in [0.05, 0.1) is 6.42 Å². The van der Waals surface area contributed by atoms with E-state index in [0.717, 1.165) is 18.9 Å². The van der Waals surface area contributed by atoms with E-state index < -0.39 is 11.6 Å². The van der Waals surface area contributed by atoms with Crippen molar-refractivity contribution in [1.82, 2.24) is 4.90 Å². The molecule has 0 saturated carbocycles. The number of benzene rings is 1. The van der Waals surface area contributed by atoms with Crippen LogP contribution in [0.15, 0.2) is 18.2 Å². The SMILES string of the molecule is CCCCN(CCBr)C(=O)Cc1ccc(F)cc1F. The van der Waals surface area contributed by atoms with Gasteiger partial charge in [-0.25, -0.2) is 8.78 Å². The van der Waals surface area contributed by atoms with Gasteiger partial charge in [-0.1, -0.05) is 35.3 Å². The number of hydrogen-bond donors (Lipinski definition) is 0. The van der Waals surface area contributed by atoms with Crippen molar-refractivity contribution >= 4 is 21.8 Å². The summed E-state index contributed by atoms with van der Waals surface area (Å²) in [7, 11) is 0. The van der Waals surface area contributed by atoms with E-state index in [4.69, 9.17) is 0 Å². The first-order chi connectivity index (χ1) is 9.08. The second kappa shape index (κ2) is 8.25. The molecule has 0 heterocycles. The summed E-state index contributed by atoms with van der Waals surface area (Å²) in [4.78, 5) is 13.8. The van der Waals surface area contributed by atoms with Crippen molar-refractivity contribution in [3.8, 4) is 0 Å². The van der Waals surface area contributed by atoms with Crippen LogP contribution >= 0.6 is 15.9 Å². The average Bonchev–Trinajstić information content (AvgIpc) is 2.37. The number of amides is 1. The molecule has 0 bridgehead atoms. The molecule has 2 nitrogen and oxygen atoms in total. The van der Waals surface area contributed by atoms with Crippen LogP contribution in [-0.2, 0) is 11.2 Å². The fourth-order valence-corrected chi connectivity index (χ4v) is 2.18. The second-order valence-electron chi connectivity index (χ2n) is 4.34. The molecule has 1 amide bonds. The molecule has 0 aliphatic heterocycles. The minimum absolute atomic E-state index is 0.0250. The van der Waals surface area contributed by atoms with E-state index in [9.17, 15) is 13.6 Å². The Morgan fingerprint density at radius 1 is 1.32 bits per heavy atom. The highest BCUT2D eigenvalue weighted by molar-refractivity contribution is 9.09. The minimum atomic E-state index is -0.664. The zero-order valence-corrected chi connectivity index (χ0v) is 12.6. The van der Waals surface area contributed by atoms with Gasteiger partial charge in [0.2, 0.25) is 5.91 Å². The summed E-state index contributed by atoms with van der Waals surface area (Å²) in [6.07, 6.45) is 1.89. The zero-order valence-electron chi connectivity index (χ0n) is 11.0. The number of alkyl halides is 1. The summed E-state index contributed by atoms with van der Waals surface area (Å²) < 4.78 is 26.3. The van der Waals surface area contributed by atoms with Crippen molar-refractivity contribution in [3.63, 3.8) is 0 Å². The van der Waals surface area contributed by atoms with E-state index in [1.807, 2.05) is 0 Å². The van der Waals surface area contributed by atoms with Gasteiger partial charge in [-0.15, -0.1) is 0 Å². The van der Waals surface area contributed by atoms with E-state index in [0.29, 0.717) is 18.4 Å². The molecule has 106 valence electrons. The maximum atomic E-state index is 13.5. The number of nitrogens with zero attached hydrogens (tertiary/aromatic N) is 1. The molecule has 0 unspecified atom stereocenters. The van der Waals surface area contributed by atoms with Crippen LogP contribution in [-0.4, -0.2) is 29.2 Å². The maximum Gasteiger partial charge on any atom is 0.227 e. The lowest BCUT2D eigenvalue weighted by atomic mass is 10.1. The van der Waals surface area contributed by atoms with Crippen LogP contribution in [0.2, 0.25) is 0 Å². The summed E-state index contributed by atoms with van der Waals surface area (Å²) in [5.41, 5.74) is 0.238. The summed E-state index contributed by atoms with van der Waals surface area (Å²) in [6.45, 7) is 3.32. The van der Waals surface area contributed by atoms with Gasteiger partial charge >= 0.3 is 0 Å². The van der Waals surface area contributed by atoms with Gasteiger partial charge in [-0.3, -0.25) is 4.79 Å². The Kier molecular flexibility index (Phi) is 6.99. The quantitative estimate of drug-likeness (QED) is 0.699. The lowest BCUT2D eigenvalue weighted by molar-refractivity contribution is -0.130. The third-order valence-corrected chi connectivity index (χ3v) is 3.20. The number of carbonyl (C=O) groups is 1. The molecule has 0 N–H and O–H groups in total. The topological polar surface area (TPSA) is 20.3 Å². The largest absolute Gasteiger partial charge is 0.342 e. The Balaban J connectivity index is 2.69. The van der Waals surface area contributed by atoms with E-state index in [1.54, 1.807) is 4.90 Å². The number of hydrogen-bond acceptors (Lipinski definition) is 1. The smallest absolute Gasteiger partial charge is 0.227 e. The highest BCUT2D eigenvalue weighted by atomic mass is 79.9. The van der Waals surface area contributed by atoms with Gasteiger partial charge in [0.1, 0.15) is 11.6 Å². The highest BCUT2D eigenvalue weighted by Crippen LogP contribution is 2.12. The van der Waals surface area contributed by atoms with Crippen molar-refractivity contribution in [2.24, 2.45) is 0 Å². The molecular weight excluding hydrogens is 316 g/mol. The molecule has 5 heteroatoms. The van der Waals surface area contributed by atoms with E-state index >= 15 is 0 Å². The molecule has 0 saturated heterocycles. The fourth-order valence-electron chi connectivity index (χ4n) is 1.75. The first-order valence-corrected chi connectivity index (χ1v) is 7.48. The van der Waals surface area contributed by atoms with Crippen molar-refractivity contribution in [2.75, 3.05) is 18.4 Å². The van der Waals surface area contributed by atoms with Crippen LogP contribution in [0.5, 0.6) is 0 Å². The average molecular weight is 334 g/mol. The van der Waals surface area contributed by atoms with Gasteiger partial charge in [0, 0.05) is 24.5 Å². The Hall–Kier alpha value is -0.970. The third kappa shape index (κ3) is 5.27. The Morgan fingerprint density at radius 2 is 2.05 bits per heavy atom. The van der Waals surface area contributed by atoms with Crippen molar-refractivity contribution in [1.29, 1.82) is 0 Å². The van der Waals surface area contributed by atoms with Crippen LogP contribution in [0, 0.1) is 11.6 Å². The molecular formula is C14H18BrF2NO. The van der Waals surface area contributed by atoms with Crippen LogP contribution in [0.3, 0.4) is 0 Å². The minimum Gasteiger partial charge on any atom is -0.342 e. The summed E-state index contributed by atoms with van der Waals surface area (Å²) in [6, 6.07) is 3.31. The Morgan fingerprint density at radius 3 is 2.63 bits per heavy atom. The summed E-state index contributed by atoms with van der Waals surface area (Å²) >= 11 is 3.30. The monoisotopic (exact) mass is 333 g/mol. The predicted octanol–water partition coefficient (Wildman–Crippen LogP) is 3.53. The molecule has 0 atom stereocenters. The molecule has 1 aromatic carbocycles. The Bertz CT molecular complexity index is 426. The summed E-state index contributed by atoms with van der Waals surface area (Å²) in [5, 5.41) is 0.689. The maximum absolute atomic E-state index is 13.5.